The Kier molecular flexibility index (Phi) is 8.19. The van der Waals surface area contributed by atoms with E-state index in [1.165, 1.54) is 0 Å². The second kappa shape index (κ2) is 8.98. The van der Waals surface area contributed by atoms with Crippen molar-refractivity contribution in [1.82, 2.24) is 0 Å². The predicted molar refractivity (Wildman–Crippen MR) is 79.8 cm³/mol. The summed E-state index contributed by atoms with van der Waals surface area (Å²) in [7, 11) is 0. The average molecular weight is 377 g/mol. The van der Waals surface area contributed by atoms with Crippen molar-refractivity contribution < 1.29 is 44.8 Å². The van der Waals surface area contributed by atoms with Crippen molar-refractivity contribution in [3.8, 4) is 0 Å². The number of rotatable bonds is 4. The van der Waals surface area contributed by atoms with Crippen LogP contribution in [0.15, 0.2) is 0 Å². The molecule has 0 radical (unpaired) electrons. The van der Waals surface area contributed by atoms with Crippen LogP contribution in [0, 0.1) is 0 Å². The molecule has 11 nitrogen and oxygen atoms in total. The number of aliphatic hydroxyl groups excluding tert-OH is 6. The number of halogens is 1. The lowest BCUT2D eigenvalue weighted by Crippen LogP contribution is -2.64. The summed E-state index contributed by atoms with van der Waals surface area (Å²) in [5.74, 6) is 0. The minimum absolute atomic E-state index is 0. The molecule has 0 amide bonds. The fraction of sp³-hybridized carbons (Fsp3) is 1.00. The Labute approximate surface area is 144 Å². The van der Waals surface area contributed by atoms with Crippen molar-refractivity contribution in [2.45, 2.75) is 61.4 Å². The minimum atomic E-state index is -1.64. The van der Waals surface area contributed by atoms with Gasteiger partial charge < -0.3 is 56.3 Å². The van der Waals surface area contributed by atoms with E-state index in [9.17, 15) is 30.6 Å². The van der Waals surface area contributed by atoms with Gasteiger partial charge in [0.05, 0.1) is 0 Å². The average Bonchev–Trinajstić information content (AvgIpc) is 2.55. The summed E-state index contributed by atoms with van der Waals surface area (Å²) in [6.45, 7) is -0.294. The third-order valence-electron chi connectivity index (χ3n) is 4.07. The lowest BCUT2D eigenvalue weighted by Gasteiger charge is -2.44. The molecule has 2 saturated heterocycles. The number of hydrogen-bond acceptors (Lipinski definition) is 11. The van der Waals surface area contributed by atoms with Gasteiger partial charge in [-0.15, -0.1) is 12.4 Å². The zero-order valence-corrected chi connectivity index (χ0v) is 13.5. The summed E-state index contributed by atoms with van der Waals surface area (Å²) in [4.78, 5) is 0. The standard InChI is InChI=1S/C12H24N2O9.ClH/c13-1-3-5(15)7(17)9(19)11(21-3)23-12-10(20)8(18)6(16)4(2-14)22-12;/h3-12,15-20H,1-2,13-14H2;1H/t3-,4-,5-,6-,7+,8+,9-,10-,11-,12-;/m1./s1. The van der Waals surface area contributed by atoms with Gasteiger partial charge in [-0.2, -0.15) is 0 Å². The molecule has 2 fully saturated rings. The van der Waals surface area contributed by atoms with Crippen LogP contribution in [0.25, 0.3) is 0 Å². The van der Waals surface area contributed by atoms with Gasteiger partial charge >= 0.3 is 0 Å². The molecule has 2 aliphatic rings. The zero-order chi connectivity index (χ0) is 17.3. The first-order valence-electron chi connectivity index (χ1n) is 7.26. The van der Waals surface area contributed by atoms with Crippen LogP contribution in [0.4, 0.5) is 0 Å². The SMILES string of the molecule is Cl.NC[C@H]1O[C@H](O[C@H]2O[C@H](CN)[C@@H](O)[C@H](O)[C@H]2O)[C@H](O)[C@@H](O)[C@@H]1O. The zero-order valence-electron chi connectivity index (χ0n) is 12.7. The molecule has 10 atom stereocenters. The molecule has 0 saturated carbocycles. The Morgan fingerprint density at radius 3 is 1.25 bits per heavy atom. The Morgan fingerprint density at radius 1 is 0.625 bits per heavy atom. The highest BCUT2D eigenvalue weighted by Crippen LogP contribution is 2.27. The maximum absolute atomic E-state index is 9.90. The molecule has 12 heteroatoms. The lowest BCUT2D eigenvalue weighted by molar-refractivity contribution is -0.371. The molecule has 0 aromatic carbocycles. The van der Waals surface area contributed by atoms with Gasteiger partial charge in [0.2, 0.25) is 0 Å². The van der Waals surface area contributed by atoms with Crippen LogP contribution < -0.4 is 11.5 Å². The summed E-state index contributed by atoms with van der Waals surface area (Å²) in [5.41, 5.74) is 10.8. The number of ether oxygens (including phenoxy) is 3. The highest BCUT2D eigenvalue weighted by Gasteiger charge is 2.49. The first kappa shape index (κ1) is 21.9. The van der Waals surface area contributed by atoms with E-state index in [4.69, 9.17) is 25.7 Å². The number of nitrogens with two attached hydrogens (primary N) is 2. The van der Waals surface area contributed by atoms with Crippen molar-refractivity contribution in [3.63, 3.8) is 0 Å². The highest BCUT2D eigenvalue weighted by atomic mass is 35.5. The van der Waals surface area contributed by atoms with E-state index in [1.54, 1.807) is 0 Å². The second-order valence-corrected chi connectivity index (χ2v) is 5.64. The van der Waals surface area contributed by atoms with E-state index in [-0.39, 0.29) is 25.5 Å². The molecule has 2 rings (SSSR count). The molecule has 10 N–H and O–H groups in total. The smallest absolute Gasteiger partial charge is 0.189 e. The summed E-state index contributed by atoms with van der Waals surface area (Å²) >= 11 is 0. The van der Waals surface area contributed by atoms with Crippen LogP contribution in [0.2, 0.25) is 0 Å². The molecular weight excluding hydrogens is 352 g/mol. The van der Waals surface area contributed by atoms with E-state index in [2.05, 4.69) is 0 Å². The topological polar surface area (TPSA) is 201 Å². The molecule has 0 aromatic rings. The Balaban J connectivity index is 0.00000288. The van der Waals surface area contributed by atoms with Crippen molar-refractivity contribution in [2.75, 3.05) is 13.1 Å². The van der Waals surface area contributed by atoms with Gasteiger partial charge in [-0.05, 0) is 0 Å². The Bertz CT molecular complexity index is 358. The van der Waals surface area contributed by atoms with Gasteiger partial charge in [-0.25, -0.2) is 0 Å². The molecule has 24 heavy (non-hydrogen) atoms. The minimum Gasteiger partial charge on any atom is -0.388 e. The molecule has 2 heterocycles. The van der Waals surface area contributed by atoms with Crippen LogP contribution >= 0.6 is 12.4 Å². The van der Waals surface area contributed by atoms with Crippen molar-refractivity contribution in [3.05, 3.63) is 0 Å². The summed E-state index contributed by atoms with van der Waals surface area (Å²) in [6, 6.07) is 0. The summed E-state index contributed by atoms with van der Waals surface area (Å²) < 4.78 is 15.7. The first-order valence-corrected chi connectivity index (χ1v) is 7.26. The normalized spacial score (nSPS) is 49.5. The van der Waals surface area contributed by atoms with E-state index in [0.29, 0.717) is 0 Å². The molecule has 0 aliphatic carbocycles. The largest absolute Gasteiger partial charge is 0.388 e. The van der Waals surface area contributed by atoms with Crippen LogP contribution in [0.3, 0.4) is 0 Å². The summed E-state index contributed by atoms with van der Waals surface area (Å²) in [5, 5.41) is 58.8. The second-order valence-electron chi connectivity index (χ2n) is 5.64. The Hall–Kier alpha value is -0.150. The molecule has 2 aliphatic heterocycles. The molecule has 0 bridgehead atoms. The van der Waals surface area contributed by atoms with Gasteiger partial charge in [0.1, 0.15) is 48.8 Å². The molecule has 0 aromatic heterocycles. The fourth-order valence-corrected chi connectivity index (χ4v) is 2.58. The molecular formula is C12H25ClN2O9. The third kappa shape index (κ3) is 4.15. The Morgan fingerprint density at radius 2 is 0.958 bits per heavy atom. The van der Waals surface area contributed by atoms with Crippen LogP contribution in [-0.2, 0) is 14.2 Å². The monoisotopic (exact) mass is 376 g/mol. The quantitative estimate of drug-likeness (QED) is 0.233. The van der Waals surface area contributed by atoms with Gasteiger partial charge in [0.15, 0.2) is 12.6 Å². The van der Waals surface area contributed by atoms with E-state index in [1.807, 2.05) is 0 Å². The number of aliphatic hydroxyl groups is 6. The van der Waals surface area contributed by atoms with Gasteiger partial charge in [0.25, 0.3) is 0 Å². The predicted octanol–water partition coefficient (Wildman–Crippen LogP) is -5.04. The molecule has 0 spiro atoms. The van der Waals surface area contributed by atoms with E-state index in [0.717, 1.165) is 0 Å². The van der Waals surface area contributed by atoms with E-state index >= 15 is 0 Å². The van der Waals surface area contributed by atoms with Crippen molar-refractivity contribution in [2.24, 2.45) is 11.5 Å². The molecule has 0 unspecified atom stereocenters. The molecule has 144 valence electrons. The maximum Gasteiger partial charge on any atom is 0.189 e. The maximum atomic E-state index is 9.90. The highest BCUT2D eigenvalue weighted by molar-refractivity contribution is 5.85. The van der Waals surface area contributed by atoms with Gasteiger partial charge in [-0.1, -0.05) is 0 Å². The van der Waals surface area contributed by atoms with Gasteiger partial charge in [0, 0.05) is 13.1 Å². The number of hydrogen-bond donors (Lipinski definition) is 8. The van der Waals surface area contributed by atoms with Gasteiger partial charge in [-0.3, -0.25) is 0 Å². The fourth-order valence-electron chi connectivity index (χ4n) is 2.58. The van der Waals surface area contributed by atoms with Crippen LogP contribution in [-0.4, -0.2) is 105 Å². The van der Waals surface area contributed by atoms with Crippen LogP contribution in [0.1, 0.15) is 0 Å². The first-order chi connectivity index (χ1) is 10.8. The van der Waals surface area contributed by atoms with Crippen LogP contribution in [0.5, 0.6) is 0 Å². The van der Waals surface area contributed by atoms with E-state index < -0.39 is 61.4 Å². The lowest BCUT2D eigenvalue weighted by atomic mass is 9.98. The third-order valence-corrected chi connectivity index (χ3v) is 4.07. The van der Waals surface area contributed by atoms with Crippen molar-refractivity contribution in [1.29, 1.82) is 0 Å². The van der Waals surface area contributed by atoms with Crippen molar-refractivity contribution >= 4 is 12.4 Å². The summed E-state index contributed by atoms with van der Waals surface area (Å²) in [6.07, 6.45) is -14.2.